The van der Waals surface area contributed by atoms with E-state index in [4.69, 9.17) is 0 Å². The van der Waals surface area contributed by atoms with Gasteiger partial charge in [-0.05, 0) is 73.0 Å². The van der Waals surface area contributed by atoms with E-state index in [1.54, 1.807) is 0 Å². The lowest BCUT2D eigenvalue weighted by molar-refractivity contribution is -0.120. The molecule has 0 N–H and O–H groups in total. The minimum atomic E-state index is 0.223. The largest absolute Gasteiger partial charge is 0.300 e. The molecule has 2 aliphatic carbocycles. The predicted molar refractivity (Wildman–Crippen MR) is 85.5 cm³/mol. The van der Waals surface area contributed by atoms with E-state index in [0.29, 0.717) is 5.78 Å². The van der Waals surface area contributed by atoms with Crippen LogP contribution in [0.5, 0.6) is 0 Å². The van der Waals surface area contributed by atoms with Gasteiger partial charge < -0.3 is 0 Å². The Morgan fingerprint density at radius 1 is 1.20 bits per heavy atom. The molecule has 0 bridgehead atoms. The molecule has 1 saturated carbocycles. The minimum Gasteiger partial charge on any atom is -0.300 e. The zero-order valence-electron chi connectivity index (χ0n) is 12.6. The first-order valence-corrected chi connectivity index (χ1v) is 9.05. The number of rotatable bonds is 1. The van der Waals surface area contributed by atoms with E-state index in [1.165, 1.54) is 35.3 Å². The Bertz CT molecular complexity index is 522. The van der Waals surface area contributed by atoms with Crippen molar-refractivity contribution >= 4 is 17.5 Å². The Kier molecular flexibility index (Phi) is 3.94. The molecule has 1 aromatic carbocycles. The number of benzene rings is 1. The smallest absolute Gasteiger partial charge is 0.132 e. The van der Waals surface area contributed by atoms with Crippen molar-refractivity contribution in [3.05, 3.63) is 29.3 Å². The van der Waals surface area contributed by atoms with Crippen LogP contribution >= 0.6 is 11.8 Å². The number of carbonyl (C=O) groups excluding carboxylic acids is 1. The second-order valence-corrected chi connectivity index (χ2v) is 7.49. The first kappa shape index (κ1) is 14.2. The number of aryl methyl sites for hydroxylation is 1. The van der Waals surface area contributed by atoms with E-state index >= 15 is 0 Å². The van der Waals surface area contributed by atoms with E-state index < -0.39 is 0 Å². The Hall–Kier alpha value is -0.760. The van der Waals surface area contributed by atoms with Crippen LogP contribution < -0.4 is 0 Å². The van der Waals surface area contributed by atoms with Crippen LogP contribution in [0.25, 0.3) is 0 Å². The van der Waals surface area contributed by atoms with Gasteiger partial charge in [0.25, 0.3) is 0 Å². The highest BCUT2D eigenvalue weighted by Gasteiger charge is 2.40. The summed E-state index contributed by atoms with van der Waals surface area (Å²) in [5.74, 6) is 1.24. The van der Waals surface area contributed by atoms with Crippen LogP contribution in [0.4, 0.5) is 0 Å². The third kappa shape index (κ3) is 2.43. The molecule has 1 nitrogen and oxygen atoms in total. The molecule has 0 amide bonds. The van der Waals surface area contributed by atoms with Gasteiger partial charge in [-0.25, -0.2) is 0 Å². The maximum Gasteiger partial charge on any atom is 0.132 e. The van der Waals surface area contributed by atoms with Gasteiger partial charge in [-0.2, -0.15) is 0 Å². The van der Waals surface area contributed by atoms with Crippen molar-refractivity contribution in [3.8, 4) is 0 Å². The Morgan fingerprint density at radius 3 is 2.85 bits per heavy atom. The van der Waals surface area contributed by atoms with Gasteiger partial charge in [0.05, 0.1) is 0 Å². The van der Waals surface area contributed by atoms with Crippen LogP contribution in [0.2, 0.25) is 0 Å². The fourth-order valence-corrected chi connectivity index (χ4v) is 4.66. The number of carbonyl (C=O) groups is 1. The molecule has 0 aromatic heterocycles. The van der Waals surface area contributed by atoms with Gasteiger partial charge in [-0.3, -0.25) is 4.79 Å². The van der Waals surface area contributed by atoms with Crippen molar-refractivity contribution < 1.29 is 4.79 Å². The molecule has 1 aromatic rings. The van der Waals surface area contributed by atoms with Gasteiger partial charge in [-0.1, -0.05) is 13.0 Å². The second kappa shape index (κ2) is 5.55. The number of thioether (sulfide) groups is 1. The van der Waals surface area contributed by atoms with Crippen molar-refractivity contribution in [1.82, 2.24) is 0 Å². The quantitative estimate of drug-likeness (QED) is 0.693. The normalized spacial score (nSPS) is 30.1. The highest BCUT2D eigenvalue weighted by atomic mass is 32.2. The predicted octanol–water partition coefficient (Wildman–Crippen LogP) is 4.76. The van der Waals surface area contributed by atoms with Crippen molar-refractivity contribution in [3.63, 3.8) is 0 Å². The molecule has 20 heavy (non-hydrogen) atoms. The third-order valence-corrected chi connectivity index (χ3v) is 6.25. The molecule has 0 aliphatic heterocycles. The molecule has 3 rings (SSSR count). The fourth-order valence-electron chi connectivity index (χ4n) is 4.20. The summed E-state index contributed by atoms with van der Waals surface area (Å²) < 4.78 is 0. The molecular formula is C18H24OS. The van der Waals surface area contributed by atoms with Crippen LogP contribution in [0.15, 0.2) is 23.1 Å². The summed E-state index contributed by atoms with van der Waals surface area (Å²) in [4.78, 5) is 13.2. The summed E-state index contributed by atoms with van der Waals surface area (Å²) in [5.41, 5.74) is 3.28. The first-order chi connectivity index (χ1) is 9.63. The highest BCUT2D eigenvalue weighted by molar-refractivity contribution is 7.98. The van der Waals surface area contributed by atoms with Gasteiger partial charge in [0.2, 0.25) is 0 Å². The minimum absolute atomic E-state index is 0.223. The molecule has 1 unspecified atom stereocenters. The molecule has 1 fully saturated rings. The molecular weight excluding hydrogens is 264 g/mol. The van der Waals surface area contributed by atoms with Crippen LogP contribution in [-0.2, 0) is 16.6 Å². The van der Waals surface area contributed by atoms with Crippen molar-refractivity contribution in [1.29, 1.82) is 0 Å². The van der Waals surface area contributed by atoms with Crippen molar-refractivity contribution in [2.45, 2.75) is 62.2 Å². The second-order valence-electron chi connectivity index (χ2n) is 6.61. The number of ketones is 1. The molecule has 2 heteroatoms. The fraction of sp³-hybridized carbons (Fsp3) is 0.611. The summed E-state index contributed by atoms with van der Waals surface area (Å²) in [7, 11) is 0. The molecule has 0 radical (unpaired) electrons. The van der Waals surface area contributed by atoms with E-state index in [1.807, 2.05) is 11.8 Å². The van der Waals surface area contributed by atoms with Crippen LogP contribution in [0.1, 0.15) is 56.6 Å². The number of fused-ring (bicyclic) bond motifs is 3. The summed E-state index contributed by atoms with van der Waals surface area (Å²) in [5, 5.41) is 0. The van der Waals surface area contributed by atoms with E-state index in [-0.39, 0.29) is 5.41 Å². The molecule has 108 valence electrons. The molecule has 0 heterocycles. The first-order valence-electron chi connectivity index (χ1n) is 7.82. The zero-order chi connectivity index (χ0) is 14.2. The average Bonchev–Trinajstić information content (AvgIpc) is 2.46. The maximum atomic E-state index is 11.9. The molecule has 2 atom stereocenters. The zero-order valence-corrected chi connectivity index (χ0v) is 13.4. The van der Waals surface area contributed by atoms with Crippen LogP contribution in [0.3, 0.4) is 0 Å². The topological polar surface area (TPSA) is 17.1 Å². The lowest BCUT2D eigenvalue weighted by Gasteiger charge is -2.44. The van der Waals surface area contributed by atoms with Crippen molar-refractivity contribution in [2.24, 2.45) is 5.92 Å². The Balaban J connectivity index is 1.99. The average molecular weight is 288 g/mol. The standard InChI is InChI=1S/C18H24OS/c1-18-11-10-15(19)5-3-4-14(18)7-6-13-12-16(20-2)8-9-17(13)18/h8-9,12,14H,3-7,10-11H2,1-2H3/t14-,18?/m1/s1. The molecule has 2 aliphatic rings. The van der Waals surface area contributed by atoms with E-state index in [2.05, 4.69) is 31.4 Å². The van der Waals surface area contributed by atoms with E-state index in [9.17, 15) is 4.79 Å². The molecule has 0 spiro atoms. The summed E-state index contributed by atoms with van der Waals surface area (Å²) in [6, 6.07) is 6.99. The summed E-state index contributed by atoms with van der Waals surface area (Å²) in [6.07, 6.45) is 9.62. The van der Waals surface area contributed by atoms with Gasteiger partial charge >= 0.3 is 0 Å². The van der Waals surface area contributed by atoms with Crippen molar-refractivity contribution in [2.75, 3.05) is 6.26 Å². The maximum absolute atomic E-state index is 11.9. The van der Waals surface area contributed by atoms with Crippen LogP contribution in [-0.4, -0.2) is 12.0 Å². The SMILES string of the molecule is CSc1ccc2c(c1)CC[C@H]1CCCC(=O)CCC21C. The third-order valence-electron chi connectivity index (χ3n) is 5.52. The summed E-state index contributed by atoms with van der Waals surface area (Å²) in [6.45, 7) is 2.41. The van der Waals surface area contributed by atoms with Gasteiger partial charge in [0.1, 0.15) is 5.78 Å². The number of Topliss-reactive ketones (excluding diaryl/α,β-unsaturated/α-hetero) is 1. The lowest BCUT2D eigenvalue weighted by atomic mass is 9.60. The van der Waals surface area contributed by atoms with Gasteiger partial charge in [0.15, 0.2) is 0 Å². The molecule has 0 saturated heterocycles. The monoisotopic (exact) mass is 288 g/mol. The number of hydrogen-bond donors (Lipinski definition) is 0. The lowest BCUT2D eigenvalue weighted by Crippen LogP contribution is -2.38. The van der Waals surface area contributed by atoms with Crippen LogP contribution in [0, 0.1) is 5.92 Å². The highest BCUT2D eigenvalue weighted by Crippen LogP contribution is 2.48. The van der Waals surface area contributed by atoms with Gasteiger partial charge in [0, 0.05) is 17.7 Å². The van der Waals surface area contributed by atoms with E-state index in [0.717, 1.165) is 31.6 Å². The van der Waals surface area contributed by atoms with Gasteiger partial charge in [-0.15, -0.1) is 11.8 Å². The summed E-state index contributed by atoms with van der Waals surface area (Å²) >= 11 is 1.82. The Morgan fingerprint density at radius 2 is 2.05 bits per heavy atom. The number of hydrogen-bond acceptors (Lipinski definition) is 2. The Labute approximate surface area is 126 Å².